The molecule has 2 rings (SSSR count). The molecule has 5 heteroatoms. The first-order chi connectivity index (χ1) is 9.11. The zero-order valence-corrected chi connectivity index (χ0v) is 11.6. The molecule has 19 heavy (non-hydrogen) atoms. The van der Waals surface area contributed by atoms with Gasteiger partial charge in [-0.05, 0) is 37.5 Å². The number of hydrogen-bond acceptors (Lipinski definition) is 2. The summed E-state index contributed by atoms with van der Waals surface area (Å²) in [5.41, 5.74) is 0. The summed E-state index contributed by atoms with van der Waals surface area (Å²) in [6, 6.07) is -0.853. The van der Waals surface area contributed by atoms with Crippen molar-refractivity contribution >= 4 is 12.0 Å². The maximum absolute atomic E-state index is 12.1. The molecule has 0 aromatic carbocycles. The molecule has 0 aromatic heterocycles. The van der Waals surface area contributed by atoms with E-state index in [1.807, 2.05) is 0 Å². The number of rotatable bonds is 4. The van der Waals surface area contributed by atoms with Gasteiger partial charge < -0.3 is 15.3 Å². The Kier molecular flexibility index (Phi) is 4.66. The van der Waals surface area contributed by atoms with E-state index in [2.05, 4.69) is 12.2 Å². The van der Waals surface area contributed by atoms with Crippen molar-refractivity contribution in [3.8, 4) is 0 Å². The Morgan fingerprint density at radius 3 is 2.53 bits per heavy atom. The Morgan fingerprint density at radius 1 is 1.26 bits per heavy atom. The highest BCUT2D eigenvalue weighted by atomic mass is 16.4. The Morgan fingerprint density at radius 2 is 2.00 bits per heavy atom. The number of nitrogens with one attached hydrogen (secondary N) is 1. The summed E-state index contributed by atoms with van der Waals surface area (Å²) in [4.78, 5) is 24.9. The average Bonchev–Trinajstić information content (AvgIpc) is 2.35. The molecule has 0 bridgehead atoms. The number of carboxylic acid groups (broad SMARTS) is 1. The number of carbonyl (C=O) groups is 2. The van der Waals surface area contributed by atoms with Crippen LogP contribution in [0.25, 0.3) is 0 Å². The third kappa shape index (κ3) is 3.39. The van der Waals surface area contributed by atoms with E-state index in [4.69, 9.17) is 0 Å². The highest BCUT2D eigenvalue weighted by Crippen LogP contribution is 2.27. The van der Waals surface area contributed by atoms with Crippen LogP contribution in [0.5, 0.6) is 0 Å². The van der Waals surface area contributed by atoms with E-state index in [1.165, 1.54) is 24.2 Å². The largest absolute Gasteiger partial charge is 0.480 e. The van der Waals surface area contributed by atoms with Gasteiger partial charge in [0.05, 0.1) is 0 Å². The first-order valence-electron chi connectivity index (χ1n) is 7.39. The lowest BCUT2D eigenvalue weighted by molar-refractivity contribution is -0.144. The standard InChI is InChI=1S/C14H24N2O3/c1-2-10-6-7-16(12(8-10)13(17)18)14(19)15-9-11-4-3-5-11/h10-12H,2-9H2,1H3,(H,15,19)(H,17,18). The fourth-order valence-electron chi connectivity index (χ4n) is 2.92. The molecule has 1 saturated heterocycles. The summed E-state index contributed by atoms with van der Waals surface area (Å²) in [5, 5.41) is 12.2. The summed E-state index contributed by atoms with van der Waals surface area (Å²) in [5.74, 6) is 0.147. The molecular weight excluding hydrogens is 244 g/mol. The lowest BCUT2D eigenvalue weighted by Gasteiger charge is -2.37. The fourth-order valence-corrected chi connectivity index (χ4v) is 2.92. The quantitative estimate of drug-likeness (QED) is 0.820. The van der Waals surface area contributed by atoms with Gasteiger partial charge in [-0.3, -0.25) is 0 Å². The van der Waals surface area contributed by atoms with Gasteiger partial charge in [0.15, 0.2) is 0 Å². The number of urea groups is 1. The molecule has 2 N–H and O–H groups in total. The van der Waals surface area contributed by atoms with Gasteiger partial charge in [0.2, 0.25) is 0 Å². The van der Waals surface area contributed by atoms with Crippen molar-refractivity contribution in [1.29, 1.82) is 0 Å². The van der Waals surface area contributed by atoms with Crippen LogP contribution in [0.15, 0.2) is 0 Å². The van der Waals surface area contributed by atoms with Crippen molar-refractivity contribution in [2.45, 2.75) is 51.5 Å². The predicted molar refractivity (Wildman–Crippen MR) is 71.9 cm³/mol. The molecule has 0 radical (unpaired) electrons. The first-order valence-corrected chi connectivity index (χ1v) is 7.39. The van der Waals surface area contributed by atoms with Gasteiger partial charge in [0, 0.05) is 13.1 Å². The molecule has 1 aliphatic heterocycles. The lowest BCUT2D eigenvalue weighted by atomic mass is 9.85. The number of nitrogens with zero attached hydrogens (tertiary/aromatic N) is 1. The van der Waals surface area contributed by atoms with Crippen LogP contribution in [0.3, 0.4) is 0 Å². The topological polar surface area (TPSA) is 69.6 Å². The van der Waals surface area contributed by atoms with Crippen molar-refractivity contribution in [1.82, 2.24) is 10.2 Å². The van der Waals surface area contributed by atoms with Gasteiger partial charge in [0.1, 0.15) is 6.04 Å². The minimum Gasteiger partial charge on any atom is -0.480 e. The third-order valence-electron chi connectivity index (χ3n) is 4.60. The van der Waals surface area contributed by atoms with Gasteiger partial charge in [-0.15, -0.1) is 0 Å². The second-order valence-electron chi connectivity index (χ2n) is 5.83. The van der Waals surface area contributed by atoms with Crippen LogP contribution in [-0.2, 0) is 4.79 Å². The fraction of sp³-hybridized carbons (Fsp3) is 0.857. The number of carboxylic acids is 1. The second-order valence-corrected chi connectivity index (χ2v) is 5.83. The molecule has 2 unspecified atom stereocenters. The molecule has 0 spiro atoms. The second kappa shape index (κ2) is 6.26. The summed E-state index contributed by atoms with van der Waals surface area (Å²) < 4.78 is 0. The smallest absolute Gasteiger partial charge is 0.326 e. The number of aliphatic carboxylic acids is 1. The van der Waals surface area contributed by atoms with Crippen molar-refractivity contribution in [2.75, 3.05) is 13.1 Å². The van der Waals surface area contributed by atoms with Crippen LogP contribution in [0.1, 0.15) is 45.4 Å². The van der Waals surface area contributed by atoms with E-state index in [1.54, 1.807) is 0 Å². The maximum atomic E-state index is 12.1. The van der Waals surface area contributed by atoms with Gasteiger partial charge in [0.25, 0.3) is 0 Å². The Bertz CT molecular complexity index is 342. The summed E-state index contributed by atoms with van der Waals surface area (Å²) in [7, 11) is 0. The average molecular weight is 268 g/mol. The van der Waals surface area contributed by atoms with Crippen LogP contribution in [0.4, 0.5) is 4.79 Å². The van der Waals surface area contributed by atoms with Gasteiger partial charge in [-0.1, -0.05) is 19.8 Å². The molecule has 1 aliphatic carbocycles. The molecule has 2 aliphatic rings. The SMILES string of the molecule is CCC1CCN(C(=O)NCC2CCC2)C(C(=O)O)C1. The normalized spacial score (nSPS) is 27.7. The number of hydrogen-bond donors (Lipinski definition) is 2. The Labute approximate surface area is 114 Å². The van der Waals surface area contributed by atoms with Crippen LogP contribution >= 0.6 is 0 Å². The summed E-state index contributed by atoms with van der Waals surface area (Å²) in [6.45, 7) is 3.33. The van der Waals surface area contributed by atoms with Crippen LogP contribution in [-0.4, -0.2) is 41.1 Å². The van der Waals surface area contributed by atoms with Gasteiger partial charge >= 0.3 is 12.0 Å². The molecule has 5 nitrogen and oxygen atoms in total. The highest BCUT2D eigenvalue weighted by Gasteiger charge is 2.35. The zero-order valence-electron chi connectivity index (χ0n) is 11.6. The van der Waals surface area contributed by atoms with Crippen LogP contribution in [0, 0.1) is 11.8 Å². The lowest BCUT2D eigenvalue weighted by Crippen LogP contribution is -2.54. The van der Waals surface area contributed by atoms with Crippen molar-refractivity contribution in [3.63, 3.8) is 0 Å². The molecule has 0 aromatic rings. The Balaban J connectivity index is 1.88. The predicted octanol–water partition coefficient (Wildman–Crippen LogP) is 2.07. The molecular formula is C14H24N2O3. The highest BCUT2D eigenvalue weighted by molar-refractivity contribution is 5.82. The maximum Gasteiger partial charge on any atom is 0.326 e. The van der Waals surface area contributed by atoms with E-state index in [-0.39, 0.29) is 6.03 Å². The molecule has 1 saturated carbocycles. The van der Waals surface area contributed by atoms with Crippen LogP contribution in [0.2, 0.25) is 0 Å². The first kappa shape index (κ1) is 14.2. The van der Waals surface area contributed by atoms with Crippen molar-refractivity contribution in [3.05, 3.63) is 0 Å². The molecule has 2 amide bonds. The summed E-state index contributed by atoms with van der Waals surface area (Å²) >= 11 is 0. The minimum atomic E-state index is -0.878. The van der Waals surface area contributed by atoms with E-state index >= 15 is 0 Å². The van der Waals surface area contributed by atoms with Crippen LogP contribution < -0.4 is 5.32 Å². The Hall–Kier alpha value is -1.26. The zero-order chi connectivity index (χ0) is 13.8. The van der Waals surface area contributed by atoms with E-state index < -0.39 is 12.0 Å². The van der Waals surface area contributed by atoms with Crippen molar-refractivity contribution < 1.29 is 14.7 Å². The number of piperidine rings is 1. The summed E-state index contributed by atoms with van der Waals surface area (Å²) in [6.07, 6.45) is 6.10. The molecule has 2 fully saturated rings. The van der Waals surface area contributed by atoms with Gasteiger partial charge in [-0.2, -0.15) is 0 Å². The number of amides is 2. The third-order valence-corrected chi connectivity index (χ3v) is 4.60. The van der Waals surface area contributed by atoms with E-state index in [0.717, 1.165) is 12.8 Å². The van der Waals surface area contributed by atoms with Gasteiger partial charge in [-0.25, -0.2) is 9.59 Å². The molecule has 2 atom stereocenters. The van der Waals surface area contributed by atoms with Crippen molar-refractivity contribution in [2.24, 2.45) is 11.8 Å². The number of carbonyl (C=O) groups excluding carboxylic acids is 1. The molecule has 108 valence electrons. The van der Waals surface area contributed by atoms with E-state index in [9.17, 15) is 14.7 Å². The van der Waals surface area contributed by atoms with E-state index in [0.29, 0.717) is 31.3 Å². The minimum absolute atomic E-state index is 0.200. The monoisotopic (exact) mass is 268 g/mol. The molecule has 1 heterocycles. The number of likely N-dealkylation sites (tertiary alicyclic amines) is 1.